The number of ether oxygens (including phenoxy) is 3. The van der Waals surface area contributed by atoms with Crippen LogP contribution in [0.3, 0.4) is 0 Å². The number of carboxylic acids is 1. The molecule has 11 heterocycles. The molecular formula is C79H52Br2F2N6O13S7. The van der Waals surface area contributed by atoms with Gasteiger partial charge in [-0.3, -0.25) is 19.2 Å². The predicted molar refractivity (Wildman–Crippen MR) is 435 cm³/mol. The topological polar surface area (TPSA) is 251 Å². The summed E-state index contributed by atoms with van der Waals surface area (Å²) >= 11 is 17.2. The van der Waals surface area contributed by atoms with E-state index in [4.69, 9.17) is 18.6 Å². The number of esters is 3. The molecule has 109 heavy (non-hydrogen) atoms. The Bertz CT molecular complexity index is 6370. The highest BCUT2D eigenvalue weighted by Gasteiger charge is 2.23. The molecule has 16 rings (SSSR count). The molecule has 16 aromatic rings. The zero-order valence-electron chi connectivity index (χ0n) is 56.8. The van der Waals surface area contributed by atoms with Crippen molar-refractivity contribution in [2.75, 3.05) is 19.8 Å². The van der Waals surface area contributed by atoms with E-state index in [2.05, 4.69) is 46.8 Å². The Balaban J connectivity index is 0.000000131. The zero-order valence-corrected chi connectivity index (χ0v) is 65.7. The number of hydrogen-bond donors (Lipinski definition) is 1. The predicted octanol–water partition coefficient (Wildman–Crippen LogP) is 20.3. The maximum absolute atomic E-state index is 13.3. The van der Waals surface area contributed by atoms with E-state index in [1.54, 1.807) is 83.7 Å². The molecule has 0 saturated heterocycles. The van der Waals surface area contributed by atoms with Crippen LogP contribution in [0.25, 0.3) is 111 Å². The normalized spacial score (nSPS) is 11.0. The Labute approximate surface area is 661 Å². The maximum atomic E-state index is 13.3. The number of hydrogen-bond acceptors (Lipinski definition) is 22. The monoisotopic (exact) mass is 1710 g/mol. The Hall–Kier alpha value is -10.9. The largest absolute Gasteiger partial charge is 0.477 e. The summed E-state index contributed by atoms with van der Waals surface area (Å²) < 4.78 is 57.0. The summed E-state index contributed by atoms with van der Waals surface area (Å²) in [4.78, 5) is 115. The summed E-state index contributed by atoms with van der Waals surface area (Å²) in [6.07, 6.45) is 5.60. The number of aromatic nitrogens is 6. The molecule has 546 valence electrons. The molecule has 0 aliphatic rings. The van der Waals surface area contributed by atoms with Crippen LogP contribution in [0.1, 0.15) is 62.2 Å². The Morgan fingerprint density at radius 3 is 1.12 bits per heavy atom. The molecule has 30 heteroatoms. The van der Waals surface area contributed by atoms with Gasteiger partial charge < -0.3 is 37.4 Å². The van der Waals surface area contributed by atoms with Gasteiger partial charge in [0.1, 0.15) is 45.9 Å². The summed E-state index contributed by atoms with van der Waals surface area (Å²) in [5, 5.41) is 9.46. The molecule has 0 spiro atoms. The van der Waals surface area contributed by atoms with Gasteiger partial charge >= 0.3 is 23.9 Å². The minimum atomic E-state index is -1.28. The van der Waals surface area contributed by atoms with Gasteiger partial charge in [0.2, 0.25) is 0 Å². The standard InChI is InChI=1S/C25H17FN2O3S2.C23H13FN2O3S2.C19H13BrN2O3S2.C12H9BrO4S/c1-2-31-25(30)18-13-28(17-7-8-19-24(11-17)32-14-27-19)20(12-21(18)29)23-10-9-22(33-23)15-3-5-16(26)6-4-15;24-14-3-1-13(2-4-14)20-7-8-21(31-20)18-10-19(27)16(23(28)29)11-26(18)15-5-6-17-22(9-15)30-12-25-17;1-2-25-19(24)12-9-22(11-3-4-13-17(7-11)26-10-21-13)14(8-15(12)23)16-5-6-18(20)27-16;1-2-16-12(15)7-6-17-9(5-8(7)14)10-3-4-11(13)18-10/h3-14H,2H2,1H3;1-12H,(H,28,29);3-10H,2H2,1H3;3-6H,2H2,1H3. The van der Waals surface area contributed by atoms with E-state index in [1.165, 1.54) is 129 Å². The Morgan fingerprint density at radius 1 is 0.413 bits per heavy atom. The summed E-state index contributed by atoms with van der Waals surface area (Å²) in [6, 6.07) is 50.5. The van der Waals surface area contributed by atoms with Crippen LogP contribution >= 0.6 is 111 Å². The van der Waals surface area contributed by atoms with Crippen LogP contribution in [0.5, 0.6) is 0 Å². The van der Waals surface area contributed by atoms with Crippen molar-refractivity contribution < 1.29 is 51.7 Å². The van der Waals surface area contributed by atoms with Gasteiger partial charge in [0.05, 0.1) is 111 Å². The van der Waals surface area contributed by atoms with Crippen molar-refractivity contribution in [3.63, 3.8) is 0 Å². The van der Waals surface area contributed by atoms with Crippen molar-refractivity contribution in [3.05, 3.63) is 300 Å². The second kappa shape index (κ2) is 34.1. The van der Waals surface area contributed by atoms with Crippen LogP contribution in [0, 0.1) is 11.6 Å². The van der Waals surface area contributed by atoms with Crippen molar-refractivity contribution in [3.8, 4) is 80.3 Å². The number of thiazole rings is 3. The molecule has 0 unspecified atom stereocenters. The van der Waals surface area contributed by atoms with Gasteiger partial charge in [-0.2, -0.15) is 0 Å². The minimum Gasteiger partial charge on any atom is -0.477 e. The number of carbonyl (C=O) groups is 4. The third-order valence-corrected chi connectivity index (χ3v) is 24.1. The average Bonchev–Trinajstić information content (AvgIpc) is 1.77. The number of rotatable bonds is 16. The van der Waals surface area contributed by atoms with Crippen LogP contribution in [0.2, 0.25) is 0 Å². The van der Waals surface area contributed by atoms with Crippen LogP contribution < -0.4 is 21.7 Å². The molecule has 0 radical (unpaired) electrons. The zero-order chi connectivity index (χ0) is 76.6. The number of aromatic carboxylic acids is 1. The summed E-state index contributed by atoms with van der Waals surface area (Å²) in [6.45, 7) is 5.70. The Kier molecular flexibility index (Phi) is 23.9. The number of thiophene rings is 4. The van der Waals surface area contributed by atoms with Gasteiger partial charge in [0, 0.05) is 69.7 Å². The summed E-state index contributed by atoms with van der Waals surface area (Å²) in [5.74, 6) is -3.38. The van der Waals surface area contributed by atoms with Gasteiger partial charge in [-0.15, -0.1) is 79.4 Å². The quantitative estimate of drug-likeness (QED) is 0.0697. The van der Waals surface area contributed by atoms with E-state index in [9.17, 15) is 52.2 Å². The number of fused-ring (bicyclic) bond motifs is 3. The lowest BCUT2D eigenvalue weighted by molar-refractivity contribution is 0.0513. The van der Waals surface area contributed by atoms with Crippen LogP contribution in [0.15, 0.2) is 248 Å². The van der Waals surface area contributed by atoms with E-state index in [1.807, 2.05) is 112 Å². The van der Waals surface area contributed by atoms with E-state index >= 15 is 0 Å². The van der Waals surface area contributed by atoms with Crippen LogP contribution in [-0.2, 0) is 14.2 Å². The third kappa shape index (κ3) is 17.5. The lowest BCUT2D eigenvalue weighted by Gasteiger charge is -2.14. The van der Waals surface area contributed by atoms with Gasteiger partial charge in [0.15, 0.2) is 21.7 Å². The molecule has 5 aromatic carbocycles. The highest BCUT2D eigenvalue weighted by molar-refractivity contribution is 9.11. The summed E-state index contributed by atoms with van der Waals surface area (Å²) in [7, 11) is 0. The molecule has 0 saturated carbocycles. The number of nitrogens with zero attached hydrogens (tertiary/aromatic N) is 6. The SMILES string of the molecule is CCOC(=O)c1cn(-c2ccc3ncsc3c2)c(-c2ccc(-c3ccc(F)cc3)s2)cc1=O.CCOC(=O)c1cn(-c2ccc3ncsc3c2)c(-c2ccc(Br)s2)cc1=O.CCOC(=O)c1coc(-c2ccc(Br)s2)cc1=O.O=C(O)c1cn(-c2ccc3ncsc3c2)c(-c2ccc(-c3ccc(F)cc3)s2)cc1=O. The first-order valence-corrected chi connectivity index (χ1v) is 40.1. The van der Waals surface area contributed by atoms with Crippen molar-refractivity contribution in [1.29, 1.82) is 0 Å². The number of pyridine rings is 3. The molecule has 11 aromatic heterocycles. The fourth-order valence-corrected chi connectivity index (χ4v) is 17.9. The first-order chi connectivity index (χ1) is 52.7. The molecule has 19 nitrogen and oxygen atoms in total. The number of benzene rings is 5. The first-order valence-electron chi connectivity index (χ1n) is 32.6. The summed E-state index contributed by atoms with van der Waals surface area (Å²) in [5.41, 5.74) is 11.9. The highest BCUT2D eigenvalue weighted by Crippen LogP contribution is 2.39. The van der Waals surface area contributed by atoms with Gasteiger partial charge in [-0.25, -0.2) is 42.9 Å². The lowest BCUT2D eigenvalue weighted by atomic mass is 10.1. The molecule has 1 N–H and O–H groups in total. The maximum Gasteiger partial charge on any atom is 0.345 e. The second-order valence-electron chi connectivity index (χ2n) is 23.0. The van der Waals surface area contributed by atoms with Crippen molar-refractivity contribution >= 4 is 166 Å². The second-order valence-corrected chi connectivity index (χ2v) is 32.7. The van der Waals surface area contributed by atoms with Crippen molar-refractivity contribution in [1.82, 2.24) is 28.7 Å². The van der Waals surface area contributed by atoms with Crippen molar-refractivity contribution in [2.24, 2.45) is 0 Å². The van der Waals surface area contributed by atoms with Gasteiger partial charge in [-0.05, 0) is 191 Å². The van der Waals surface area contributed by atoms with Crippen LogP contribution in [0.4, 0.5) is 8.78 Å². The third-order valence-electron chi connectivity index (χ3n) is 16.1. The number of carboxylic acid groups (broad SMARTS) is 1. The average molecular weight is 1720 g/mol. The fraction of sp³-hybridized carbons (Fsp3) is 0.0759. The van der Waals surface area contributed by atoms with E-state index in [0.717, 1.165) is 102 Å². The molecular weight excluding hydrogens is 1660 g/mol. The molecule has 0 aliphatic carbocycles. The van der Waals surface area contributed by atoms with Gasteiger partial charge in [-0.1, -0.05) is 24.3 Å². The molecule has 0 aliphatic heterocycles. The van der Waals surface area contributed by atoms with E-state index in [-0.39, 0.29) is 59.1 Å². The number of halogens is 4. The van der Waals surface area contributed by atoms with Crippen molar-refractivity contribution in [2.45, 2.75) is 20.8 Å². The first kappa shape index (κ1) is 76.3. The molecule has 0 atom stereocenters. The molecule has 0 bridgehead atoms. The van der Waals surface area contributed by atoms with Gasteiger partial charge in [0.25, 0.3) is 0 Å². The molecule has 0 fully saturated rings. The highest BCUT2D eigenvalue weighted by atomic mass is 79.9. The smallest absolute Gasteiger partial charge is 0.345 e. The fourth-order valence-electron chi connectivity index (χ4n) is 11.0. The Morgan fingerprint density at radius 2 is 0.752 bits per heavy atom. The molecule has 0 amide bonds. The number of carbonyl (C=O) groups excluding carboxylic acids is 3. The van der Waals surface area contributed by atoms with E-state index in [0.29, 0.717) is 22.8 Å². The van der Waals surface area contributed by atoms with E-state index < -0.39 is 40.2 Å². The lowest BCUT2D eigenvalue weighted by Crippen LogP contribution is -2.20. The van der Waals surface area contributed by atoms with Crippen LogP contribution in [-0.4, -0.2) is 77.5 Å². The minimum absolute atomic E-state index is 0.0145.